The molecule has 0 amide bonds. The van der Waals surface area contributed by atoms with Gasteiger partial charge in [-0.05, 0) is 46.9 Å². The van der Waals surface area contributed by atoms with Gasteiger partial charge >= 0.3 is 0 Å². The molecule has 3 rings (SSSR count). The van der Waals surface area contributed by atoms with Crippen molar-refractivity contribution >= 4 is 10.8 Å². The monoisotopic (exact) mass is 276 g/mol. The van der Waals surface area contributed by atoms with Crippen LogP contribution >= 0.6 is 0 Å². The van der Waals surface area contributed by atoms with Gasteiger partial charge in [-0.15, -0.1) is 0 Å². The average molecular weight is 276 g/mol. The van der Waals surface area contributed by atoms with Crippen molar-refractivity contribution in [2.45, 2.75) is 25.9 Å². The Kier molecular flexibility index (Phi) is 3.52. The second-order valence-electron chi connectivity index (χ2n) is 5.68. The summed E-state index contributed by atoms with van der Waals surface area (Å²) >= 11 is 0. The number of benzene rings is 3. The number of fused-ring (bicyclic) bond motifs is 1. The van der Waals surface area contributed by atoms with Crippen molar-refractivity contribution in [3.8, 4) is 0 Å². The van der Waals surface area contributed by atoms with Gasteiger partial charge in [0.1, 0.15) is 5.60 Å². The summed E-state index contributed by atoms with van der Waals surface area (Å²) in [6, 6.07) is 22.6. The molecule has 3 aromatic rings. The van der Waals surface area contributed by atoms with E-state index in [0.717, 1.165) is 22.9 Å². The molecular formula is C20H20O. The zero-order valence-corrected chi connectivity index (χ0v) is 12.5. The van der Waals surface area contributed by atoms with E-state index in [1.807, 2.05) is 37.3 Å². The van der Waals surface area contributed by atoms with Crippen molar-refractivity contribution in [1.29, 1.82) is 0 Å². The van der Waals surface area contributed by atoms with Gasteiger partial charge in [0, 0.05) is 0 Å². The van der Waals surface area contributed by atoms with Crippen molar-refractivity contribution in [2.24, 2.45) is 0 Å². The van der Waals surface area contributed by atoms with Gasteiger partial charge in [0.05, 0.1) is 0 Å². The number of hydrogen-bond acceptors (Lipinski definition) is 1. The molecule has 0 aliphatic rings. The summed E-state index contributed by atoms with van der Waals surface area (Å²) in [6.45, 7) is 3.99. The van der Waals surface area contributed by atoms with E-state index in [9.17, 15) is 5.11 Å². The van der Waals surface area contributed by atoms with E-state index in [1.54, 1.807) is 0 Å². The Morgan fingerprint density at radius 2 is 1.43 bits per heavy atom. The van der Waals surface area contributed by atoms with Gasteiger partial charge in [0.25, 0.3) is 0 Å². The van der Waals surface area contributed by atoms with Crippen LogP contribution in [0, 0.1) is 0 Å². The maximum absolute atomic E-state index is 11.0. The summed E-state index contributed by atoms with van der Waals surface area (Å²) in [5.74, 6) is 0. The lowest BCUT2D eigenvalue weighted by molar-refractivity contribution is 0.102. The number of aryl methyl sites for hydroxylation is 1. The van der Waals surface area contributed by atoms with E-state index in [1.165, 1.54) is 10.9 Å². The molecule has 106 valence electrons. The van der Waals surface area contributed by atoms with E-state index >= 15 is 0 Å². The summed E-state index contributed by atoms with van der Waals surface area (Å²) < 4.78 is 0. The van der Waals surface area contributed by atoms with E-state index in [-0.39, 0.29) is 0 Å². The fourth-order valence-corrected chi connectivity index (χ4v) is 2.72. The molecular weight excluding hydrogens is 256 g/mol. The molecule has 21 heavy (non-hydrogen) atoms. The molecule has 1 nitrogen and oxygen atoms in total. The van der Waals surface area contributed by atoms with Crippen LogP contribution in [0.4, 0.5) is 0 Å². The molecule has 0 saturated heterocycles. The fraction of sp³-hybridized carbons (Fsp3) is 0.200. The van der Waals surface area contributed by atoms with E-state index < -0.39 is 5.60 Å². The van der Waals surface area contributed by atoms with Crippen LogP contribution in [0.25, 0.3) is 10.8 Å². The average Bonchev–Trinajstić information content (AvgIpc) is 2.54. The quantitative estimate of drug-likeness (QED) is 0.737. The maximum atomic E-state index is 11.0. The lowest BCUT2D eigenvalue weighted by atomic mass is 9.86. The highest BCUT2D eigenvalue weighted by Crippen LogP contribution is 2.31. The minimum absolute atomic E-state index is 0.922. The van der Waals surface area contributed by atoms with Crippen molar-refractivity contribution in [2.75, 3.05) is 0 Å². The topological polar surface area (TPSA) is 20.2 Å². The largest absolute Gasteiger partial charge is 0.381 e. The maximum Gasteiger partial charge on any atom is 0.112 e. The van der Waals surface area contributed by atoms with Crippen LogP contribution in [-0.2, 0) is 12.0 Å². The van der Waals surface area contributed by atoms with Crippen LogP contribution in [-0.4, -0.2) is 5.11 Å². The molecule has 0 aliphatic carbocycles. The Labute approximate surface area is 125 Å². The summed E-state index contributed by atoms with van der Waals surface area (Å²) in [7, 11) is 0. The third-order valence-electron chi connectivity index (χ3n) is 4.24. The van der Waals surface area contributed by atoms with Crippen LogP contribution in [0.15, 0.2) is 66.7 Å². The number of aliphatic hydroxyl groups is 1. The molecule has 0 bridgehead atoms. The van der Waals surface area contributed by atoms with Gasteiger partial charge in [-0.1, -0.05) is 67.6 Å². The summed E-state index contributed by atoms with van der Waals surface area (Å²) in [5.41, 5.74) is 2.16. The summed E-state index contributed by atoms with van der Waals surface area (Å²) in [5, 5.41) is 13.3. The Morgan fingerprint density at radius 3 is 2.10 bits per heavy atom. The SMILES string of the molecule is CCc1ccc(C(C)(O)c2ccc3ccccc3c2)cc1. The minimum Gasteiger partial charge on any atom is -0.381 e. The molecule has 0 aromatic heterocycles. The van der Waals surface area contributed by atoms with Gasteiger partial charge in [-0.3, -0.25) is 0 Å². The van der Waals surface area contributed by atoms with Crippen LogP contribution < -0.4 is 0 Å². The van der Waals surface area contributed by atoms with Gasteiger partial charge in [0.15, 0.2) is 0 Å². The minimum atomic E-state index is -0.976. The molecule has 0 radical (unpaired) electrons. The second kappa shape index (κ2) is 5.34. The fourth-order valence-electron chi connectivity index (χ4n) is 2.72. The predicted molar refractivity (Wildman–Crippen MR) is 88.4 cm³/mol. The Bertz CT molecular complexity index is 754. The first-order valence-corrected chi connectivity index (χ1v) is 7.42. The second-order valence-corrected chi connectivity index (χ2v) is 5.68. The Morgan fingerprint density at radius 1 is 0.810 bits per heavy atom. The third kappa shape index (κ3) is 2.57. The molecule has 0 aliphatic heterocycles. The smallest absolute Gasteiger partial charge is 0.112 e. The molecule has 3 aromatic carbocycles. The zero-order valence-electron chi connectivity index (χ0n) is 12.5. The van der Waals surface area contributed by atoms with E-state index in [2.05, 4.69) is 43.3 Å². The Hall–Kier alpha value is -2.12. The normalized spacial score (nSPS) is 14.0. The predicted octanol–water partition coefficient (Wildman–Crippen LogP) is 4.66. The first-order chi connectivity index (χ1) is 10.1. The van der Waals surface area contributed by atoms with Crippen molar-refractivity contribution < 1.29 is 5.11 Å². The van der Waals surface area contributed by atoms with Gasteiger partial charge in [0.2, 0.25) is 0 Å². The van der Waals surface area contributed by atoms with Crippen molar-refractivity contribution in [3.05, 3.63) is 83.4 Å². The van der Waals surface area contributed by atoms with Gasteiger partial charge in [-0.25, -0.2) is 0 Å². The highest BCUT2D eigenvalue weighted by atomic mass is 16.3. The standard InChI is InChI=1S/C20H20O/c1-3-15-8-11-18(12-9-15)20(2,21)19-13-10-16-6-4-5-7-17(16)14-19/h4-14,21H,3H2,1-2H3. The highest BCUT2D eigenvalue weighted by Gasteiger charge is 2.25. The first kappa shape index (κ1) is 13.8. The van der Waals surface area contributed by atoms with Gasteiger partial charge < -0.3 is 5.11 Å². The van der Waals surface area contributed by atoms with Crippen molar-refractivity contribution in [3.63, 3.8) is 0 Å². The van der Waals surface area contributed by atoms with E-state index in [0.29, 0.717) is 0 Å². The molecule has 0 heterocycles. The van der Waals surface area contributed by atoms with Crippen LogP contribution in [0.5, 0.6) is 0 Å². The number of hydrogen-bond donors (Lipinski definition) is 1. The molecule has 0 fully saturated rings. The van der Waals surface area contributed by atoms with Gasteiger partial charge in [-0.2, -0.15) is 0 Å². The lowest BCUT2D eigenvalue weighted by Gasteiger charge is -2.25. The summed E-state index contributed by atoms with van der Waals surface area (Å²) in [6.07, 6.45) is 1.01. The molecule has 0 spiro atoms. The first-order valence-electron chi connectivity index (χ1n) is 7.42. The molecule has 1 N–H and O–H groups in total. The number of rotatable bonds is 3. The van der Waals surface area contributed by atoms with Crippen LogP contribution in [0.2, 0.25) is 0 Å². The highest BCUT2D eigenvalue weighted by molar-refractivity contribution is 5.83. The Balaban J connectivity index is 2.05. The molecule has 1 heteroatoms. The molecule has 0 saturated carbocycles. The summed E-state index contributed by atoms with van der Waals surface area (Å²) in [4.78, 5) is 0. The molecule has 1 atom stereocenters. The van der Waals surface area contributed by atoms with Crippen LogP contribution in [0.3, 0.4) is 0 Å². The zero-order chi connectivity index (χ0) is 14.9. The van der Waals surface area contributed by atoms with E-state index in [4.69, 9.17) is 0 Å². The van der Waals surface area contributed by atoms with Crippen LogP contribution in [0.1, 0.15) is 30.5 Å². The lowest BCUT2D eigenvalue weighted by Crippen LogP contribution is -2.22. The van der Waals surface area contributed by atoms with Crippen molar-refractivity contribution in [1.82, 2.24) is 0 Å². The molecule has 1 unspecified atom stereocenters. The third-order valence-corrected chi connectivity index (χ3v) is 4.24.